The van der Waals surface area contributed by atoms with Crippen molar-refractivity contribution in [2.75, 3.05) is 0 Å². The largest absolute Gasteiger partial charge is 0.573 e. The fourth-order valence-electron chi connectivity index (χ4n) is 2.03. The minimum Gasteiger partial charge on any atom is -0.478 e. The lowest BCUT2D eigenvalue weighted by molar-refractivity contribution is -0.274. The first-order valence-electron chi connectivity index (χ1n) is 6.29. The smallest absolute Gasteiger partial charge is 0.478 e. The van der Waals surface area contributed by atoms with Gasteiger partial charge in [0.15, 0.2) is 0 Å². The van der Waals surface area contributed by atoms with Crippen LogP contribution in [-0.2, 0) is 6.18 Å². The van der Waals surface area contributed by atoms with E-state index in [4.69, 9.17) is 5.11 Å². The Hall–Kier alpha value is -2.71. The van der Waals surface area contributed by atoms with Crippen molar-refractivity contribution in [2.45, 2.75) is 12.5 Å². The van der Waals surface area contributed by atoms with E-state index in [1.807, 2.05) is 0 Å². The van der Waals surface area contributed by atoms with E-state index in [1.54, 1.807) is 0 Å². The topological polar surface area (TPSA) is 46.5 Å². The van der Waals surface area contributed by atoms with Gasteiger partial charge in [-0.05, 0) is 24.3 Å². The number of halogens is 6. The van der Waals surface area contributed by atoms with Crippen LogP contribution >= 0.6 is 0 Å². The van der Waals surface area contributed by atoms with Crippen LogP contribution in [0.2, 0.25) is 0 Å². The van der Waals surface area contributed by atoms with E-state index in [1.165, 1.54) is 12.1 Å². The summed E-state index contributed by atoms with van der Waals surface area (Å²) in [5.74, 6) is -2.38. The number of para-hydroxylation sites is 1. The normalized spacial score (nSPS) is 12.1. The lowest BCUT2D eigenvalue weighted by Crippen LogP contribution is -2.18. The molecule has 0 saturated carbocycles. The summed E-state index contributed by atoms with van der Waals surface area (Å²) in [4.78, 5) is 11.2. The first-order valence-corrected chi connectivity index (χ1v) is 6.29. The number of rotatable bonds is 3. The first-order chi connectivity index (χ1) is 11.0. The molecule has 3 nitrogen and oxygen atoms in total. The number of benzene rings is 2. The number of hydrogen-bond donors (Lipinski definition) is 1. The molecule has 1 N–H and O–H groups in total. The Kier molecular flexibility index (Phi) is 4.46. The average molecular weight is 350 g/mol. The first kappa shape index (κ1) is 17.6. The van der Waals surface area contributed by atoms with Gasteiger partial charge in [-0.3, -0.25) is 0 Å². The molecule has 0 radical (unpaired) electrons. The van der Waals surface area contributed by atoms with Gasteiger partial charge in [0.2, 0.25) is 0 Å². The van der Waals surface area contributed by atoms with Gasteiger partial charge in [0, 0.05) is 11.1 Å². The molecule has 0 aliphatic heterocycles. The van der Waals surface area contributed by atoms with Gasteiger partial charge in [-0.15, -0.1) is 13.2 Å². The molecule has 9 heteroatoms. The predicted molar refractivity (Wildman–Crippen MR) is 70.5 cm³/mol. The minimum atomic E-state index is -5.08. The monoisotopic (exact) mass is 350 g/mol. The molecule has 0 heterocycles. The van der Waals surface area contributed by atoms with Crippen molar-refractivity contribution in [3.8, 4) is 16.9 Å². The zero-order chi connectivity index (χ0) is 18.1. The van der Waals surface area contributed by atoms with Crippen LogP contribution in [0.1, 0.15) is 15.9 Å². The van der Waals surface area contributed by atoms with Gasteiger partial charge in [0.25, 0.3) is 0 Å². The summed E-state index contributed by atoms with van der Waals surface area (Å²) in [5.41, 5.74) is -2.72. The number of carboxylic acids is 1. The molecule has 0 unspecified atom stereocenters. The van der Waals surface area contributed by atoms with E-state index in [-0.39, 0.29) is 0 Å². The van der Waals surface area contributed by atoms with Crippen molar-refractivity contribution < 1.29 is 41.0 Å². The van der Waals surface area contributed by atoms with Crippen molar-refractivity contribution >= 4 is 5.97 Å². The van der Waals surface area contributed by atoms with E-state index < -0.39 is 46.5 Å². The number of ether oxygens (including phenoxy) is 1. The van der Waals surface area contributed by atoms with Crippen molar-refractivity contribution in [3.63, 3.8) is 0 Å². The molecule has 0 amide bonds. The van der Waals surface area contributed by atoms with Gasteiger partial charge in [0.05, 0.1) is 11.1 Å². The third-order valence-corrected chi connectivity index (χ3v) is 2.98. The molecule has 0 atom stereocenters. The Morgan fingerprint density at radius 3 is 2.08 bits per heavy atom. The van der Waals surface area contributed by atoms with Gasteiger partial charge in [0.1, 0.15) is 5.75 Å². The maximum atomic E-state index is 12.8. The summed E-state index contributed by atoms with van der Waals surface area (Å²) in [6, 6.07) is 6.06. The van der Waals surface area contributed by atoms with Crippen LogP contribution in [-0.4, -0.2) is 17.4 Å². The lowest BCUT2D eigenvalue weighted by atomic mass is 9.96. The fourth-order valence-corrected chi connectivity index (χ4v) is 2.03. The minimum absolute atomic E-state index is 0.418. The summed E-state index contributed by atoms with van der Waals surface area (Å²) >= 11 is 0. The lowest BCUT2D eigenvalue weighted by Gasteiger charge is -2.16. The number of carbonyl (C=O) groups is 1. The molecule has 0 fully saturated rings. The van der Waals surface area contributed by atoms with E-state index >= 15 is 0 Å². The molecule has 2 aromatic rings. The van der Waals surface area contributed by atoms with Crippen LogP contribution in [0.4, 0.5) is 26.3 Å². The van der Waals surface area contributed by atoms with Crippen molar-refractivity contribution in [1.29, 1.82) is 0 Å². The Bertz CT molecular complexity index is 765. The molecule has 0 spiro atoms. The van der Waals surface area contributed by atoms with Crippen molar-refractivity contribution in [2.24, 2.45) is 0 Å². The van der Waals surface area contributed by atoms with Crippen molar-refractivity contribution in [1.82, 2.24) is 0 Å². The summed E-state index contributed by atoms with van der Waals surface area (Å²) in [7, 11) is 0. The maximum Gasteiger partial charge on any atom is 0.573 e. The van der Waals surface area contributed by atoms with Crippen LogP contribution < -0.4 is 4.74 Å². The van der Waals surface area contributed by atoms with E-state index in [0.29, 0.717) is 18.2 Å². The van der Waals surface area contributed by atoms with Crippen LogP contribution in [0, 0.1) is 0 Å². The second kappa shape index (κ2) is 6.06. The molecule has 0 aromatic heterocycles. The average Bonchev–Trinajstić information content (AvgIpc) is 2.44. The van der Waals surface area contributed by atoms with Gasteiger partial charge in [-0.25, -0.2) is 4.79 Å². The summed E-state index contributed by atoms with van der Waals surface area (Å²) in [6.45, 7) is 0. The number of alkyl halides is 6. The van der Waals surface area contributed by atoms with Crippen LogP contribution in [0.5, 0.6) is 5.75 Å². The highest BCUT2D eigenvalue weighted by molar-refractivity contribution is 5.97. The second-order valence-electron chi connectivity index (χ2n) is 4.61. The summed E-state index contributed by atoms with van der Waals surface area (Å²) in [5, 5.41) is 9.10. The molecule has 0 bridgehead atoms. The molecule has 0 saturated heterocycles. The van der Waals surface area contributed by atoms with Crippen molar-refractivity contribution in [3.05, 3.63) is 53.6 Å². The molecule has 2 aromatic carbocycles. The third kappa shape index (κ3) is 3.98. The van der Waals surface area contributed by atoms with Gasteiger partial charge < -0.3 is 9.84 Å². The highest BCUT2D eigenvalue weighted by atomic mass is 19.4. The molecular formula is C15H8F6O3. The van der Waals surface area contributed by atoms with Crippen LogP contribution in [0.3, 0.4) is 0 Å². The Balaban J connectivity index is 2.69. The van der Waals surface area contributed by atoms with Gasteiger partial charge >= 0.3 is 18.5 Å². The Labute approximate surface area is 131 Å². The number of carboxylic acid groups (broad SMARTS) is 1. The second-order valence-corrected chi connectivity index (χ2v) is 4.61. The zero-order valence-electron chi connectivity index (χ0n) is 11.6. The number of aromatic carboxylic acids is 1. The molecule has 24 heavy (non-hydrogen) atoms. The molecule has 0 aliphatic rings. The Morgan fingerprint density at radius 2 is 1.54 bits per heavy atom. The van der Waals surface area contributed by atoms with Gasteiger partial charge in [-0.1, -0.05) is 18.2 Å². The summed E-state index contributed by atoms with van der Waals surface area (Å²) < 4.78 is 79.6. The van der Waals surface area contributed by atoms with E-state index in [9.17, 15) is 31.1 Å². The summed E-state index contributed by atoms with van der Waals surface area (Å²) in [6.07, 6.45) is -9.87. The third-order valence-electron chi connectivity index (χ3n) is 2.98. The molecule has 0 aliphatic carbocycles. The van der Waals surface area contributed by atoms with E-state index in [2.05, 4.69) is 4.74 Å². The standard InChI is InChI=1S/C15H8F6O3/c16-14(17,18)8-5-6-10(13(22)23)11(7-8)9-3-1-2-4-12(9)24-15(19,20)21/h1-7H,(H,22,23). The molecule has 2 rings (SSSR count). The van der Waals surface area contributed by atoms with E-state index in [0.717, 1.165) is 12.1 Å². The SMILES string of the molecule is O=C(O)c1ccc(C(F)(F)F)cc1-c1ccccc1OC(F)(F)F. The van der Waals surface area contributed by atoms with Gasteiger partial charge in [-0.2, -0.15) is 13.2 Å². The zero-order valence-corrected chi connectivity index (χ0v) is 11.6. The Morgan fingerprint density at radius 1 is 0.917 bits per heavy atom. The highest BCUT2D eigenvalue weighted by Gasteiger charge is 2.34. The fraction of sp³-hybridized carbons (Fsp3) is 0.133. The predicted octanol–water partition coefficient (Wildman–Crippen LogP) is 4.97. The quantitative estimate of drug-likeness (QED) is 0.795. The highest BCUT2D eigenvalue weighted by Crippen LogP contribution is 2.39. The number of hydrogen-bond acceptors (Lipinski definition) is 2. The van der Waals surface area contributed by atoms with Crippen LogP contribution in [0.15, 0.2) is 42.5 Å². The molecule has 128 valence electrons. The molecular weight excluding hydrogens is 342 g/mol. The van der Waals surface area contributed by atoms with Crippen LogP contribution in [0.25, 0.3) is 11.1 Å². The maximum absolute atomic E-state index is 12.8.